The fraction of sp³-hybridized carbons (Fsp3) is 0.400. The molecule has 3 aromatic rings. The van der Waals surface area contributed by atoms with Gasteiger partial charge in [0.1, 0.15) is 12.4 Å². The number of nitrogens with zero attached hydrogens (tertiary/aromatic N) is 3. The molecule has 1 unspecified atom stereocenters. The van der Waals surface area contributed by atoms with Gasteiger partial charge >= 0.3 is 12.1 Å². The summed E-state index contributed by atoms with van der Waals surface area (Å²) in [7, 11) is 0. The Morgan fingerprint density at radius 2 is 1.76 bits per heavy atom. The second-order valence-corrected chi connectivity index (χ2v) is 10.8. The average molecular weight is 585 g/mol. The highest BCUT2D eigenvalue weighted by Gasteiger charge is 2.46. The first-order valence-electron chi connectivity index (χ1n) is 13.7. The first-order chi connectivity index (χ1) is 20.0. The molecule has 3 heterocycles. The molecule has 9 nitrogen and oxygen atoms in total. The van der Waals surface area contributed by atoms with Crippen LogP contribution in [0.2, 0.25) is 0 Å². The molecule has 1 aromatic heterocycles. The molecule has 1 atom stereocenters. The van der Waals surface area contributed by atoms with Gasteiger partial charge in [0.25, 0.3) is 5.91 Å². The molecule has 0 spiro atoms. The minimum Gasteiger partial charge on any atom is -0.489 e. The lowest BCUT2D eigenvalue weighted by atomic mass is 9.81. The maximum absolute atomic E-state index is 13.6. The van der Waals surface area contributed by atoms with Crippen LogP contribution in [0.15, 0.2) is 60.8 Å². The molecule has 0 radical (unpaired) electrons. The number of pyridine rings is 1. The SMILES string of the molecule is CC1(c2ccc(OCc3ccnc4ccccc34)cc2)CCN(N2CCC(CC(=O)NOC(=O)C(F)(F)F)CC2)C1=O. The van der Waals surface area contributed by atoms with Crippen LogP contribution in [0.3, 0.4) is 0 Å². The number of benzene rings is 2. The molecule has 2 aliphatic heterocycles. The first-order valence-corrected chi connectivity index (χ1v) is 13.7. The van der Waals surface area contributed by atoms with Gasteiger partial charge in [0.15, 0.2) is 0 Å². The minimum atomic E-state index is -5.18. The number of nitrogens with one attached hydrogen (secondary N) is 1. The number of fused-ring (bicyclic) bond motifs is 1. The third kappa shape index (κ3) is 6.33. The Morgan fingerprint density at radius 3 is 2.48 bits per heavy atom. The molecular formula is C30H31F3N4O5. The first kappa shape index (κ1) is 29.3. The van der Waals surface area contributed by atoms with Gasteiger partial charge in [-0.2, -0.15) is 18.7 Å². The van der Waals surface area contributed by atoms with E-state index in [0.29, 0.717) is 51.3 Å². The molecule has 2 saturated heterocycles. The Labute approximate surface area is 240 Å². The number of hydrazine groups is 1. The molecule has 42 heavy (non-hydrogen) atoms. The lowest BCUT2D eigenvalue weighted by Gasteiger charge is -2.38. The Kier molecular flexibility index (Phi) is 8.35. The predicted octanol–water partition coefficient (Wildman–Crippen LogP) is 4.46. The summed E-state index contributed by atoms with van der Waals surface area (Å²) in [4.78, 5) is 44.5. The molecule has 1 N–H and O–H groups in total. The van der Waals surface area contributed by atoms with Gasteiger partial charge in [0.2, 0.25) is 5.91 Å². The number of carbonyl (C=O) groups is 3. The Balaban J connectivity index is 1.12. The summed E-state index contributed by atoms with van der Waals surface area (Å²) in [5.74, 6) is -2.67. The second-order valence-electron chi connectivity index (χ2n) is 10.8. The molecular weight excluding hydrogens is 553 g/mol. The molecule has 2 amide bonds. The Morgan fingerprint density at radius 1 is 1.05 bits per heavy atom. The van der Waals surface area contributed by atoms with E-state index in [1.165, 1.54) is 0 Å². The number of para-hydroxylation sites is 1. The van der Waals surface area contributed by atoms with Crippen LogP contribution < -0.4 is 10.2 Å². The lowest BCUT2D eigenvalue weighted by Crippen LogP contribution is -2.50. The summed E-state index contributed by atoms with van der Waals surface area (Å²) in [6.45, 7) is 3.94. The smallest absolute Gasteiger partial charge is 0.489 e. The quantitative estimate of drug-likeness (QED) is 0.410. The molecule has 0 aliphatic carbocycles. The number of carbonyl (C=O) groups excluding carboxylic acids is 3. The van der Waals surface area contributed by atoms with Gasteiger partial charge in [-0.15, -0.1) is 0 Å². The van der Waals surface area contributed by atoms with Crippen LogP contribution in [0.25, 0.3) is 10.9 Å². The van der Waals surface area contributed by atoms with Crippen LogP contribution in [0, 0.1) is 5.92 Å². The average Bonchev–Trinajstić information content (AvgIpc) is 3.29. The monoisotopic (exact) mass is 584 g/mol. The van der Waals surface area contributed by atoms with E-state index in [0.717, 1.165) is 22.0 Å². The normalized spacial score (nSPS) is 20.1. The van der Waals surface area contributed by atoms with Crippen LogP contribution >= 0.6 is 0 Å². The van der Waals surface area contributed by atoms with Crippen molar-refractivity contribution in [1.29, 1.82) is 0 Å². The number of hydrogen-bond acceptors (Lipinski definition) is 7. The number of halogens is 3. The third-order valence-corrected chi connectivity index (χ3v) is 8.05. The number of piperidine rings is 1. The van der Waals surface area contributed by atoms with Gasteiger partial charge in [-0.3, -0.25) is 19.6 Å². The van der Waals surface area contributed by atoms with Crippen molar-refractivity contribution in [2.75, 3.05) is 19.6 Å². The van der Waals surface area contributed by atoms with E-state index < -0.39 is 23.5 Å². The summed E-state index contributed by atoms with van der Waals surface area (Å²) in [6, 6.07) is 17.4. The van der Waals surface area contributed by atoms with Crippen molar-refractivity contribution in [3.8, 4) is 5.75 Å². The molecule has 2 fully saturated rings. The molecule has 2 aliphatic rings. The van der Waals surface area contributed by atoms with Crippen molar-refractivity contribution in [3.63, 3.8) is 0 Å². The van der Waals surface area contributed by atoms with Gasteiger partial charge in [-0.25, -0.2) is 9.80 Å². The zero-order chi connectivity index (χ0) is 29.9. The number of rotatable bonds is 7. The summed E-state index contributed by atoms with van der Waals surface area (Å²) in [6.07, 6.45) is -1.71. The lowest BCUT2D eigenvalue weighted by molar-refractivity contribution is -0.207. The van der Waals surface area contributed by atoms with E-state index in [2.05, 4.69) is 9.82 Å². The van der Waals surface area contributed by atoms with Crippen molar-refractivity contribution in [1.82, 2.24) is 20.5 Å². The maximum Gasteiger partial charge on any atom is 0.493 e. The molecule has 5 rings (SSSR count). The standard InChI is InChI=1S/C30H31F3N4O5/c1-29(22-6-8-23(9-7-22)41-19-21-10-14-34-25-5-3-2-4-24(21)25)13-17-37(27(29)39)36-15-11-20(12-16-36)18-26(38)35-42-28(40)30(31,32)33/h2-10,14,20H,11-13,15-19H2,1H3,(H,35,38). The molecule has 0 saturated carbocycles. The van der Waals surface area contributed by atoms with Crippen LogP contribution in [0.4, 0.5) is 13.2 Å². The summed E-state index contributed by atoms with van der Waals surface area (Å²) >= 11 is 0. The van der Waals surface area contributed by atoms with Crippen molar-refractivity contribution in [2.24, 2.45) is 5.92 Å². The Hall–Kier alpha value is -4.19. The summed E-state index contributed by atoms with van der Waals surface area (Å²) in [5.41, 5.74) is 3.72. The van der Waals surface area contributed by atoms with Gasteiger partial charge in [-0.05, 0) is 61.9 Å². The fourth-order valence-electron chi connectivity index (χ4n) is 5.55. The van der Waals surface area contributed by atoms with Gasteiger partial charge < -0.3 is 9.57 Å². The van der Waals surface area contributed by atoms with E-state index in [-0.39, 0.29) is 18.2 Å². The van der Waals surface area contributed by atoms with Crippen LogP contribution in [0.1, 0.15) is 43.7 Å². The van der Waals surface area contributed by atoms with E-state index in [1.807, 2.05) is 66.5 Å². The number of aromatic nitrogens is 1. The van der Waals surface area contributed by atoms with E-state index in [1.54, 1.807) is 16.7 Å². The number of amides is 2. The summed E-state index contributed by atoms with van der Waals surface area (Å²) in [5, 5.41) is 4.78. The fourth-order valence-corrected chi connectivity index (χ4v) is 5.55. The van der Waals surface area contributed by atoms with Crippen molar-refractivity contribution >= 4 is 28.7 Å². The second kappa shape index (κ2) is 12.0. The zero-order valence-corrected chi connectivity index (χ0v) is 23.0. The number of hydrogen-bond donors (Lipinski definition) is 1. The van der Waals surface area contributed by atoms with E-state index in [4.69, 9.17) is 4.74 Å². The van der Waals surface area contributed by atoms with Crippen molar-refractivity contribution < 1.29 is 37.1 Å². The van der Waals surface area contributed by atoms with Gasteiger partial charge in [0.05, 0.1) is 10.9 Å². The van der Waals surface area contributed by atoms with Crippen molar-refractivity contribution in [3.05, 3.63) is 71.9 Å². The molecule has 222 valence electrons. The zero-order valence-electron chi connectivity index (χ0n) is 23.0. The van der Waals surface area contributed by atoms with Crippen LogP contribution in [0.5, 0.6) is 5.75 Å². The minimum absolute atomic E-state index is 0.00493. The summed E-state index contributed by atoms with van der Waals surface area (Å²) < 4.78 is 42.7. The largest absolute Gasteiger partial charge is 0.493 e. The predicted molar refractivity (Wildman–Crippen MR) is 145 cm³/mol. The van der Waals surface area contributed by atoms with Crippen LogP contribution in [-0.2, 0) is 31.2 Å². The van der Waals surface area contributed by atoms with Crippen LogP contribution in [-0.4, -0.2) is 58.6 Å². The number of ether oxygens (including phenoxy) is 1. The molecule has 2 aromatic carbocycles. The topological polar surface area (TPSA) is 101 Å². The van der Waals surface area contributed by atoms with E-state index in [9.17, 15) is 27.6 Å². The number of hydroxylamine groups is 1. The highest BCUT2D eigenvalue weighted by molar-refractivity contribution is 5.89. The third-order valence-electron chi connectivity index (χ3n) is 8.05. The number of alkyl halides is 3. The van der Waals surface area contributed by atoms with Gasteiger partial charge in [0, 0.05) is 43.2 Å². The Bertz CT molecular complexity index is 1450. The van der Waals surface area contributed by atoms with Crippen molar-refractivity contribution in [2.45, 2.75) is 50.8 Å². The van der Waals surface area contributed by atoms with E-state index >= 15 is 0 Å². The molecule has 0 bridgehead atoms. The molecule has 12 heteroatoms. The van der Waals surface area contributed by atoms with Gasteiger partial charge in [-0.1, -0.05) is 30.3 Å². The highest BCUT2D eigenvalue weighted by Crippen LogP contribution is 2.38. The maximum atomic E-state index is 13.6. The highest BCUT2D eigenvalue weighted by atomic mass is 19.4.